The lowest BCUT2D eigenvalue weighted by atomic mass is 10.2. The monoisotopic (exact) mass is 539 g/mol. The molecule has 0 N–H and O–H groups in total. The van der Waals surface area contributed by atoms with Gasteiger partial charge in [-0.2, -0.15) is 8.42 Å². The Labute approximate surface area is 197 Å². The zero-order valence-corrected chi connectivity index (χ0v) is 20.3. The van der Waals surface area contributed by atoms with Crippen LogP contribution in [0.1, 0.15) is 18.1 Å². The fourth-order valence-corrected chi connectivity index (χ4v) is 4.85. The summed E-state index contributed by atoms with van der Waals surface area (Å²) in [6.45, 7) is 3.07. The quantitative estimate of drug-likeness (QED) is 0.293. The summed E-state index contributed by atoms with van der Waals surface area (Å²) in [6, 6.07) is 10.7. The predicted molar refractivity (Wildman–Crippen MR) is 122 cm³/mol. The smallest absolute Gasteiger partial charge is 0.339 e. The zero-order valence-electron chi connectivity index (χ0n) is 17.0. The number of esters is 1. The summed E-state index contributed by atoms with van der Waals surface area (Å²) in [7, 11) is -4.13. The largest absolute Gasteiger partial charge is 0.465 e. The molecule has 1 saturated heterocycles. The highest BCUT2D eigenvalue weighted by atomic mass is 79.9. The first-order valence-electron chi connectivity index (χ1n) is 9.32. The van der Waals surface area contributed by atoms with Gasteiger partial charge in [0.2, 0.25) is 0 Å². The van der Waals surface area contributed by atoms with Crippen molar-refractivity contribution in [3.05, 3.63) is 63.0 Å². The lowest BCUT2D eigenvalue weighted by Crippen LogP contribution is -2.34. The highest BCUT2D eigenvalue weighted by Crippen LogP contribution is 2.35. The predicted octanol–water partition coefficient (Wildman–Crippen LogP) is 4.12. The molecule has 168 valence electrons. The molecule has 1 aliphatic heterocycles. The Morgan fingerprint density at radius 2 is 1.84 bits per heavy atom. The molecular formula is C21H18BrNO7S2. The van der Waals surface area contributed by atoms with Crippen LogP contribution in [0.15, 0.2) is 56.7 Å². The van der Waals surface area contributed by atoms with E-state index in [1.165, 1.54) is 24.3 Å². The van der Waals surface area contributed by atoms with E-state index in [1.54, 1.807) is 31.2 Å². The van der Waals surface area contributed by atoms with Crippen molar-refractivity contribution < 1.29 is 31.7 Å². The van der Waals surface area contributed by atoms with Crippen molar-refractivity contribution in [1.82, 2.24) is 4.90 Å². The minimum absolute atomic E-state index is 0.0215. The summed E-state index contributed by atoms with van der Waals surface area (Å²) in [6.07, 6.45) is 1.35. The van der Waals surface area contributed by atoms with E-state index < -0.39 is 33.8 Å². The van der Waals surface area contributed by atoms with Crippen LogP contribution in [0.5, 0.6) is 5.75 Å². The van der Waals surface area contributed by atoms with Gasteiger partial charge in [0.1, 0.15) is 17.2 Å². The van der Waals surface area contributed by atoms with E-state index in [2.05, 4.69) is 15.9 Å². The van der Waals surface area contributed by atoms with Crippen molar-refractivity contribution in [1.29, 1.82) is 0 Å². The Kier molecular flexibility index (Phi) is 7.42. The van der Waals surface area contributed by atoms with Crippen molar-refractivity contribution in [2.45, 2.75) is 18.7 Å². The Morgan fingerprint density at radius 1 is 1.16 bits per heavy atom. The molecular weight excluding hydrogens is 522 g/mol. The van der Waals surface area contributed by atoms with Crippen molar-refractivity contribution in [3.63, 3.8) is 0 Å². The number of carbonyl (C=O) groups is 3. The SMILES string of the molecule is CCOC(=O)CN1C(=O)S/C(=C\c2cc(Br)ccc2OS(=O)(=O)c2ccc(C)cc2)C1=O. The molecule has 8 nitrogen and oxygen atoms in total. The van der Waals surface area contributed by atoms with Crippen molar-refractivity contribution in [2.24, 2.45) is 0 Å². The second kappa shape index (κ2) is 9.88. The first-order valence-corrected chi connectivity index (χ1v) is 12.3. The number of imide groups is 1. The molecule has 0 radical (unpaired) electrons. The second-order valence-corrected chi connectivity index (χ2v) is 10.1. The molecule has 0 aromatic heterocycles. The first kappa shape index (κ1) is 24.0. The number of amides is 2. The van der Waals surface area contributed by atoms with Gasteiger partial charge in [0.15, 0.2) is 0 Å². The van der Waals surface area contributed by atoms with Crippen LogP contribution in [0, 0.1) is 6.92 Å². The maximum atomic E-state index is 12.7. The van der Waals surface area contributed by atoms with Gasteiger partial charge in [-0.15, -0.1) is 0 Å². The van der Waals surface area contributed by atoms with E-state index in [0.717, 1.165) is 10.5 Å². The van der Waals surface area contributed by atoms with Crippen LogP contribution in [0.25, 0.3) is 6.08 Å². The van der Waals surface area contributed by atoms with Gasteiger partial charge in [0.05, 0.1) is 11.5 Å². The van der Waals surface area contributed by atoms with E-state index in [9.17, 15) is 22.8 Å². The third kappa shape index (κ3) is 5.59. The third-order valence-electron chi connectivity index (χ3n) is 4.23. The van der Waals surface area contributed by atoms with Gasteiger partial charge in [-0.3, -0.25) is 19.3 Å². The fourth-order valence-electron chi connectivity index (χ4n) is 2.69. The van der Waals surface area contributed by atoms with Crippen LogP contribution in [0.4, 0.5) is 4.79 Å². The number of rotatable bonds is 7. The minimum Gasteiger partial charge on any atom is -0.465 e. The van der Waals surface area contributed by atoms with Crippen molar-refractivity contribution >= 4 is 61.0 Å². The van der Waals surface area contributed by atoms with Gasteiger partial charge in [0.25, 0.3) is 11.1 Å². The highest BCUT2D eigenvalue weighted by molar-refractivity contribution is 9.10. The van der Waals surface area contributed by atoms with Gasteiger partial charge in [-0.05, 0) is 62.0 Å². The molecule has 0 saturated carbocycles. The van der Waals surface area contributed by atoms with Crippen LogP contribution in [-0.4, -0.2) is 43.6 Å². The molecule has 0 bridgehead atoms. The molecule has 2 amide bonds. The van der Waals surface area contributed by atoms with E-state index in [0.29, 0.717) is 16.2 Å². The molecule has 0 aliphatic carbocycles. The van der Waals surface area contributed by atoms with Gasteiger partial charge in [-0.1, -0.05) is 33.6 Å². The molecule has 2 aromatic rings. The maximum Gasteiger partial charge on any atom is 0.339 e. The summed E-state index contributed by atoms with van der Waals surface area (Å²) in [5.74, 6) is -1.40. The van der Waals surface area contributed by atoms with Crippen molar-refractivity contribution in [3.8, 4) is 5.75 Å². The number of hydrogen-bond acceptors (Lipinski definition) is 8. The van der Waals surface area contributed by atoms with Crippen molar-refractivity contribution in [2.75, 3.05) is 13.2 Å². The van der Waals surface area contributed by atoms with E-state index >= 15 is 0 Å². The first-order chi connectivity index (χ1) is 15.1. The van der Waals surface area contributed by atoms with Crippen LogP contribution in [0.2, 0.25) is 0 Å². The number of halogens is 1. The zero-order chi connectivity index (χ0) is 23.5. The molecule has 2 aromatic carbocycles. The van der Waals surface area contributed by atoms with E-state index in [4.69, 9.17) is 8.92 Å². The average molecular weight is 540 g/mol. The summed E-state index contributed by atoms with van der Waals surface area (Å²) < 4.78 is 36.1. The minimum atomic E-state index is -4.13. The maximum absolute atomic E-state index is 12.7. The molecule has 1 aliphatic rings. The number of carbonyl (C=O) groups excluding carboxylic acids is 3. The fraction of sp³-hybridized carbons (Fsp3) is 0.190. The number of hydrogen-bond donors (Lipinski definition) is 0. The van der Waals surface area contributed by atoms with Gasteiger partial charge in [0, 0.05) is 10.0 Å². The lowest BCUT2D eigenvalue weighted by Gasteiger charge is -2.11. The standard InChI is InChI=1S/C21H18BrNO7S2/c1-3-29-19(24)12-23-20(25)18(31-21(23)26)11-14-10-15(22)6-9-17(14)30-32(27,28)16-7-4-13(2)5-8-16/h4-11H,3,12H2,1-2H3/b18-11-. The van der Waals surface area contributed by atoms with Gasteiger partial charge < -0.3 is 8.92 Å². The number of aryl methyl sites for hydroxylation is 1. The number of nitrogens with zero attached hydrogens (tertiary/aromatic N) is 1. The Balaban J connectivity index is 1.91. The molecule has 32 heavy (non-hydrogen) atoms. The Bertz CT molecular complexity index is 1210. The number of ether oxygens (including phenoxy) is 1. The average Bonchev–Trinajstić information content (AvgIpc) is 2.98. The van der Waals surface area contributed by atoms with Crippen LogP contribution >= 0.6 is 27.7 Å². The molecule has 3 rings (SSSR count). The topological polar surface area (TPSA) is 107 Å². The highest BCUT2D eigenvalue weighted by Gasteiger charge is 2.37. The Morgan fingerprint density at radius 3 is 2.50 bits per heavy atom. The number of benzene rings is 2. The second-order valence-electron chi connectivity index (χ2n) is 6.61. The number of thioether (sulfide) groups is 1. The van der Waals surface area contributed by atoms with Crippen LogP contribution in [0.3, 0.4) is 0 Å². The van der Waals surface area contributed by atoms with E-state index in [1.807, 2.05) is 6.92 Å². The summed E-state index contributed by atoms with van der Waals surface area (Å²) in [5.41, 5.74) is 1.16. The molecule has 1 fully saturated rings. The van der Waals surface area contributed by atoms with Gasteiger partial charge in [-0.25, -0.2) is 0 Å². The Hall–Kier alpha value is -2.63. The van der Waals surface area contributed by atoms with Crippen LogP contribution < -0.4 is 4.18 Å². The normalized spacial score (nSPS) is 15.3. The van der Waals surface area contributed by atoms with Crippen LogP contribution in [-0.2, 0) is 24.4 Å². The molecule has 0 unspecified atom stereocenters. The molecule has 0 spiro atoms. The summed E-state index contributed by atoms with van der Waals surface area (Å²) >= 11 is 3.94. The molecule has 0 atom stereocenters. The van der Waals surface area contributed by atoms with Gasteiger partial charge >= 0.3 is 16.1 Å². The van der Waals surface area contributed by atoms with E-state index in [-0.39, 0.29) is 27.7 Å². The third-order valence-corrected chi connectivity index (χ3v) is 6.88. The summed E-state index contributed by atoms with van der Waals surface area (Å²) in [4.78, 5) is 37.3. The molecule has 1 heterocycles. The lowest BCUT2D eigenvalue weighted by molar-refractivity contribution is -0.145. The summed E-state index contributed by atoms with van der Waals surface area (Å²) in [5, 5.41) is -0.626. The molecule has 11 heteroatoms.